The van der Waals surface area contributed by atoms with E-state index in [2.05, 4.69) is 25.4 Å². The highest BCUT2D eigenvalue weighted by Crippen LogP contribution is 2.38. The Labute approximate surface area is 228 Å². The number of hydrogen-bond donors (Lipinski definition) is 1. The van der Waals surface area contributed by atoms with Crippen molar-refractivity contribution in [1.82, 2.24) is 29.1 Å². The van der Waals surface area contributed by atoms with Gasteiger partial charge in [-0.2, -0.15) is 9.61 Å². The summed E-state index contributed by atoms with van der Waals surface area (Å²) in [7, 11) is 1.50. The summed E-state index contributed by atoms with van der Waals surface area (Å²) < 4.78 is 21.7. The van der Waals surface area contributed by atoms with Crippen LogP contribution in [0.4, 0.5) is 26.5 Å². The molecule has 13 heteroatoms. The predicted molar refractivity (Wildman–Crippen MR) is 145 cm³/mol. The van der Waals surface area contributed by atoms with Gasteiger partial charge in [-0.05, 0) is 52.3 Å². The van der Waals surface area contributed by atoms with Crippen LogP contribution in [0.15, 0.2) is 47.7 Å². The van der Waals surface area contributed by atoms with E-state index in [1.54, 1.807) is 58.3 Å². The number of Topliss-reactive ketones (excluding diaryl/α,β-unsaturated/α-hetero) is 1. The molecule has 0 aromatic carbocycles. The second kappa shape index (κ2) is 10.1. The van der Waals surface area contributed by atoms with Crippen LogP contribution in [-0.4, -0.2) is 59.8 Å². The largest absolute Gasteiger partial charge is 0.443 e. The van der Waals surface area contributed by atoms with Crippen molar-refractivity contribution in [2.75, 3.05) is 17.3 Å². The van der Waals surface area contributed by atoms with Crippen LogP contribution in [-0.2, 0) is 4.74 Å². The van der Waals surface area contributed by atoms with E-state index in [1.807, 2.05) is 0 Å². The van der Waals surface area contributed by atoms with E-state index in [1.165, 1.54) is 33.3 Å². The molecule has 0 spiro atoms. The van der Waals surface area contributed by atoms with Gasteiger partial charge in [-0.25, -0.2) is 24.1 Å². The number of aromatic nitrogens is 6. The molecule has 4 aromatic rings. The summed E-state index contributed by atoms with van der Waals surface area (Å²) in [6.07, 6.45) is 3.23. The fourth-order valence-corrected chi connectivity index (χ4v) is 4.13. The lowest BCUT2D eigenvalue weighted by atomic mass is 10.1. The number of rotatable bonds is 7. The van der Waals surface area contributed by atoms with Gasteiger partial charge in [0.2, 0.25) is 0 Å². The van der Waals surface area contributed by atoms with E-state index < -0.39 is 23.4 Å². The van der Waals surface area contributed by atoms with Gasteiger partial charge in [0.05, 0.1) is 11.8 Å². The van der Waals surface area contributed by atoms with Gasteiger partial charge in [-0.15, -0.1) is 0 Å². The van der Waals surface area contributed by atoms with Gasteiger partial charge < -0.3 is 10.1 Å². The number of hydrogen-bond acceptors (Lipinski definition) is 9. The molecule has 1 aliphatic rings. The first-order chi connectivity index (χ1) is 18.9. The molecular formula is C27H29FN8O4. The first kappa shape index (κ1) is 26.9. The van der Waals surface area contributed by atoms with Crippen LogP contribution in [0.25, 0.3) is 11.5 Å². The first-order valence-corrected chi connectivity index (χ1v) is 12.7. The number of nitrogens with zero attached hydrogens (tertiary/aromatic N) is 7. The lowest BCUT2D eigenvalue weighted by Gasteiger charge is -2.25. The average molecular weight is 549 g/mol. The second-order valence-corrected chi connectivity index (χ2v) is 10.7. The van der Waals surface area contributed by atoms with E-state index >= 15 is 0 Å². The molecule has 1 amide bonds. The zero-order chi connectivity index (χ0) is 28.8. The third-order valence-corrected chi connectivity index (χ3v) is 6.27. The van der Waals surface area contributed by atoms with Gasteiger partial charge in [0.1, 0.15) is 40.7 Å². The molecular weight excluding hydrogens is 519 g/mol. The van der Waals surface area contributed by atoms with Gasteiger partial charge in [-0.1, -0.05) is 0 Å². The molecule has 0 bridgehead atoms. The zero-order valence-electron chi connectivity index (χ0n) is 22.8. The molecule has 1 saturated carbocycles. The van der Waals surface area contributed by atoms with Crippen LogP contribution in [0.2, 0.25) is 0 Å². The summed E-state index contributed by atoms with van der Waals surface area (Å²) in [5.41, 5.74) is -0.655. The Kier molecular flexibility index (Phi) is 6.82. The van der Waals surface area contributed by atoms with Crippen molar-refractivity contribution in [2.45, 2.75) is 52.3 Å². The van der Waals surface area contributed by atoms with Gasteiger partial charge in [0.25, 0.3) is 5.56 Å². The maximum atomic E-state index is 13.5. The molecule has 1 aliphatic carbocycles. The van der Waals surface area contributed by atoms with Crippen LogP contribution < -0.4 is 15.8 Å². The number of anilines is 3. The van der Waals surface area contributed by atoms with Crippen LogP contribution in [0.1, 0.15) is 49.8 Å². The van der Waals surface area contributed by atoms with Crippen LogP contribution in [0.5, 0.6) is 0 Å². The highest BCUT2D eigenvalue weighted by atomic mass is 19.1. The topological polar surface area (TPSA) is 137 Å². The Morgan fingerprint density at radius 2 is 2.00 bits per heavy atom. The highest BCUT2D eigenvalue weighted by molar-refractivity contribution is 6.02. The van der Waals surface area contributed by atoms with Gasteiger partial charge in [0.15, 0.2) is 11.4 Å². The molecule has 0 saturated heterocycles. The number of alkyl halides is 1. The molecule has 0 radical (unpaired) electrons. The predicted octanol–water partition coefficient (Wildman–Crippen LogP) is 4.02. The normalized spacial score (nSPS) is 16.6. The number of aryl methyl sites for hydroxylation is 1. The number of ether oxygens (including phenoxy) is 1. The van der Waals surface area contributed by atoms with Gasteiger partial charge in [-0.3, -0.25) is 19.1 Å². The summed E-state index contributed by atoms with van der Waals surface area (Å²) in [6, 6.07) is 6.38. The summed E-state index contributed by atoms with van der Waals surface area (Å²) in [4.78, 5) is 53.5. The lowest BCUT2D eigenvalue weighted by molar-refractivity contribution is 0.0587. The lowest BCUT2D eigenvalue weighted by Crippen LogP contribution is -2.35. The summed E-state index contributed by atoms with van der Waals surface area (Å²) in [5, 5.41) is 7.31. The van der Waals surface area contributed by atoms with Crippen molar-refractivity contribution in [1.29, 1.82) is 0 Å². The van der Waals surface area contributed by atoms with Crippen LogP contribution in [0.3, 0.4) is 0 Å². The number of halogens is 1. The molecule has 1 unspecified atom stereocenters. The van der Waals surface area contributed by atoms with Crippen molar-refractivity contribution in [3.8, 4) is 5.82 Å². The van der Waals surface area contributed by atoms with E-state index in [4.69, 9.17) is 4.74 Å². The molecule has 4 heterocycles. The fraction of sp³-hybridized carbons (Fsp3) is 0.370. The zero-order valence-corrected chi connectivity index (χ0v) is 22.8. The Morgan fingerprint density at radius 1 is 1.25 bits per heavy atom. The van der Waals surface area contributed by atoms with Crippen molar-refractivity contribution in [2.24, 2.45) is 5.92 Å². The van der Waals surface area contributed by atoms with E-state index in [-0.39, 0.29) is 46.7 Å². The quantitative estimate of drug-likeness (QED) is 0.340. The Bertz CT molecular complexity index is 1680. The Morgan fingerprint density at radius 3 is 2.67 bits per heavy atom. The molecule has 0 aliphatic heterocycles. The standard InChI is InChI=1S/C27H29FN8O4/c1-15-29-9-8-22(31-15)35-10-6-7-19(25(35)38)32-21-13-23(34(5)26(39)40-27(2,3)4)36-24(33-21)17(14-30-36)20(37)12-16-11-18(16)28/h6-10,13-14,16,18H,11-12H2,1-5H3,(H,32,33)/t16?,18-/m0/s1. The number of pyridine rings is 1. The van der Waals surface area contributed by atoms with E-state index in [9.17, 15) is 18.8 Å². The van der Waals surface area contributed by atoms with Crippen molar-refractivity contribution in [3.63, 3.8) is 0 Å². The second-order valence-electron chi connectivity index (χ2n) is 10.7. The smallest absolute Gasteiger partial charge is 0.415 e. The van der Waals surface area contributed by atoms with Crippen molar-refractivity contribution >= 4 is 34.8 Å². The SMILES string of the molecule is Cc1nccc(-n2cccc(Nc3cc(N(C)C(=O)OC(C)(C)C)n4ncc(C(=O)CC5C[C@@H]5F)c4n3)c2=O)n1. The number of ketones is 1. The minimum absolute atomic E-state index is 0.0286. The minimum atomic E-state index is -0.983. The molecule has 5 rings (SSSR count). The molecule has 208 valence electrons. The maximum Gasteiger partial charge on any atom is 0.415 e. The molecule has 2 atom stereocenters. The first-order valence-electron chi connectivity index (χ1n) is 12.7. The number of carbonyl (C=O) groups excluding carboxylic acids is 2. The van der Waals surface area contributed by atoms with Gasteiger partial charge >= 0.3 is 6.09 Å². The average Bonchev–Trinajstić information content (AvgIpc) is 3.40. The Balaban J connectivity index is 1.57. The highest BCUT2D eigenvalue weighted by Gasteiger charge is 2.39. The summed E-state index contributed by atoms with van der Waals surface area (Å²) in [5.74, 6) is 0.685. The molecule has 1 N–H and O–H groups in total. The Hall–Kier alpha value is -4.68. The van der Waals surface area contributed by atoms with Crippen molar-refractivity contribution in [3.05, 3.63) is 64.6 Å². The van der Waals surface area contributed by atoms with Crippen LogP contribution in [0, 0.1) is 12.8 Å². The number of fused-ring (bicyclic) bond motifs is 1. The molecule has 12 nitrogen and oxygen atoms in total. The van der Waals surface area contributed by atoms with E-state index in [0.717, 1.165) is 0 Å². The van der Waals surface area contributed by atoms with Crippen molar-refractivity contribution < 1.29 is 18.7 Å². The molecule has 4 aromatic heterocycles. The van der Waals surface area contributed by atoms with E-state index in [0.29, 0.717) is 18.1 Å². The molecule has 1 fully saturated rings. The fourth-order valence-electron chi connectivity index (χ4n) is 4.13. The molecule has 40 heavy (non-hydrogen) atoms. The summed E-state index contributed by atoms with van der Waals surface area (Å²) in [6.45, 7) is 6.95. The van der Waals surface area contributed by atoms with Crippen LogP contribution >= 0.6 is 0 Å². The number of nitrogens with one attached hydrogen (secondary N) is 1. The third kappa shape index (κ3) is 5.53. The summed E-state index contributed by atoms with van der Waals surface area (Å²) >= 11 is 0. The minimum Gasteiger partial charge on any atom is -0.443 e. The number of amides is 1. The maximum absolute atomic E-state index is 13.5. The third-order valence-electron chi connectivity index (χ3n) is 6.27. The number of carbonyl (C=O) groups is 2. The monoisotopic (exact) mass is 548 g/mol. The van der Waals surface area contributed by atoms with Gasteiger partial charge in [0, 0.05) is 37.8 Å².